The van der Waals surface area contributed by atoms with E-state index in [4.69, 9.17) is 4.98 Å². The highest BCUT2D eigenvalue weighted by Crippen LogP contribution is 2.50. The highest BCUT2D eigenvalue weighted by atomic mass is 16.5. The molecule has 1 aliphatic heterocycles. The molecule has 0 radical (unpaired) electrons. The molecule has 0 spiro atoms. The van der Waals surface area contributed by atoms with Gasteiger partial charge in [-0.25, -0.2) is 19.6 Å². The fourth-order valence-corrected chi connectivity index (χ4v) is 8.77. The fraction of sp³-hybridized carbons (Fsp3) is 0.381. The number of hydrogen-bond donors (Lipinski definition) is 4. The monoisotopic (exact) mass is 758 g/mol. The predicted molar refractivity (Wildman–Crippen MR) is 209 cm³/mol. The smallest absolute Gasteiger partial charge is 0.407 e. The lowest BCUT2D eigenvalue weighted by Gasteiger charge is -2.34. The number of alkyl carbamates (subject to hydrolysis) is 2. The third kappa shape index (κ3) is 7.18. The van der Waals surface area contributed by atoms with Crippen molar-refractivity contribution in [3.8, 4) is 33.5 Å². The zero-order chi connectivity index (χ0) is 38.9. The minimum atomic E-state index is -0.642. The molecule has 290 valence electrons. The Kier molecular flexibility index (Phi) is 10.2. The maximum Gasteiger partial charge on any atom is 0.407 e. The van der Waals surface area contributed by atoms with E-state index >= 15 is 0 Å². The van der Waals surface area contributed by atoms with Crippen molar-refractivity contribution >= 4 is 35.0 Å². The van der Waals surface area contributed by atoms with Gasteiger partial charge in [-0.05, 0) is 102 Å². The Labute approximate surface area is 324 Å². The lowest BCUT2D eigenvalue weighted by atomic mass is 9.83. The number of hydrogen-bond acceptors (Lipinski definition) is 8. The van der Waals surface area contributed by atoms with Gasteiger partial charge in [-0.2, -0.15) is 0 Å². The van der Waals surface area contributed by atoms with Crippen molar-refractivity contribution in [2.45, 2.75) is 64.1 Å². The van der Waals surface area contributed by atoms with Crippen molar-refractivity contribution in [1.29, 1.82) is 0 Å². The fourth-order valence-electron chi connectivity index (χ4n) is 8.77. The van der Waals surface area contributed by atoms with E-state index < -0.39 is 12.2 Å². The summed E-state index contributed by atoms with van der Waals surface area (Å²) in [6.45, 7) is 2.61. The normalized spacial score (nSPS) is 18.0. The molecule has 4 amide bonds. The van der Waals surface area contributed by atoms with Crippen molar-refractivity contribution in [3.05, 3.63) is 83.6 Å². The van der Waals surface area contributed by atoms with E-state index in [2.05, 4.69) is 83.6 Å². The number of fused-ring (bicyclic) bond motifs is 6. The summed E-state index contributed by atoms with van der Waals surface area (Å²) in [5.41, 5.74) is 11.0. The summed E-state index contributed by atoms with van der Waals surface area (Å²) in [5, 5.41) is 5.00. The maximum absolute atomic E-state index is 13.3. The van der Waals surface area contributed by atoms with Gasteiger partial charge in [0.1, 0.15) is 24.7 Å². The summed E-state index contributed by atoms with van der Waals surface area (Å²) >= 11 is 0. The molecule has 3 atom stereocenters. The quantitative estimate of drug-likeness (QED) is 0.129. The third-order valence-electron chi connectivity index (χ3n) is 11.4. The summed E-state index contributed by atoms with van der Waals surface area (Å²) in [7, 11) is 2.55. The summed E-state index contributed by atoms with van der Waals surface area (Å²) in [6, 6.07) is 19.5. The van der Waals surface area contributed by atoms with Crippen LogP contribution in [0.1, 0.15) is 61.4 Å². The second kappa shape index (κ2) is 15.5. The molecule has 2 aliphatic carbocycles. The first-order chi connectivity index (χ1) is 27.2. The van der Waals surface area contributed by atoms with Crippen LogP contribution in [0.5, 0.6) is 0 Å². The summed E-state index contributed by atoms with van der Waals surface area (Å²) in [6.07, 6.45) is 6.10. The first-order valence-electron chi connectivity index (χ1n) is 19.3. The van der Waals surface area contributed by atoms with E-state index in [9.17, 15) is 19.2 Å². The molecule has 3 aromatic carbocycles. The van der Waals surface area contributed by atoms with E-state index in [0.29, 0.717) is 24.8 Å². The molecule has 3 heterocycles. The molecule has 4 N–H and O–H groups in total. The molecule has 3 aliphatic rings. The number of aryl methyl sites for hydroxylation is 2. The largest absolute Gasteiger partial charge is 0.453 e. The Morgan fingerprint density at radius 3 is 2.27 bits per heavy atom. The van der Waals surface area contributed by atoms with E-state index in [0.717, 1.165) is 77.8 Å². The van der Waals surface area contributed by atoms with Gasteiger partial charge in [-0.15, -0.1) is 0 Å². The molecule has 8 rings (SSSR count). The number of amides is 4. The van der Waals surface area contributed by atoms with E-state index in [1.54, 1.807) is 11.1 Å². The van der Waals surface area contributed by atoms with Crippen molar-refractivity contribution in [2.75, 3.05) is 33.9 Å². The Morgan fingerprint density at radius 1 is 0.857 bits per heavy atom. The predicted octanol–water partition coefficient (Wildman–Crippen LogP) is 5.89. The van der Waals surface area contributed by atoms with Crippen molar-refractivity contribution in [3.63, 3.8) is 0 Å². The van der Waals surface area contributed by atoms with Crippen LogP contribution in [0.15, 0.2) is 60.8 Å². The van der Waals surface area contributed by atoms with E-state index in [1.807, 2.05) is 17.9 Å². The number of H-pyrrole nitrogens is 2. The second-order valence-corrected chi connectivity index (χ2v) is 14.8. The van der Waals surface area contributed by atoms with Crippen molar-refractivity contribution < 1.29 is 28.7 Å². The average molecular weight is 759 g/mol. The molecule has 14 heteroatoms. The minimum Gasteiger partial charge on any atom is -0.453 e. The molecule has 1 saturated heterocycles. The molecule has 5 aromatic rings. The van der Waals surface area contributed by atoms with E-state index in [-0.39, 0.29) is 37.0 Å². The van der Waals surface area contributed by atoms with Crippen LogP contribution in [-0.2, 0) is 38.4 Å². The number of nitrogens with zero attached hydrogens (tertiary/aromatic N) is 4. The first kappa shape index (κ1) is 36.8. The highest BCUT2D eigenvalue weighted by Gasteiger charge is 2.49. The third-order valence-corrected chi connectivity index (χ3v) is 11.4. The summed E-state index contributed by atoms with van der Waals surface area (Å²) in [4.78, 5) is 69.2. The molecule has 56 heavy (non-hydrogen) atoms. The Hall–Kier alpha value is -6.18. The number of methoxy groups -OCH3 is 2. The first-order valence-corrected chi connectivity index (χ1v) is 19.3. The van der Waals surface area contributed by atoms with Crippen LogP contribution < -0.4 is 10.6 Å². The summed E-state index contributed by atoms with van der Waals surface area (Å²) in [5.74, 6) is 1.47. The van der Waals surface area contributed by atoms with Gasteiger partial charge < -0.3 is 39.9 Å². The summed E-state index contributed by atoms with van der Waals surface area (Å²) < 4.78 is 9.25. The number of imidazole rings is 2. The van der Waals surface area contributed by atoms with Crippen LogP contribution >= 0.6 is 0 Å². The molecule has 2 fully saturated rings. The molecule has 0 unspecified atom stereocenters. The molecule has 1 saturated carbocycles. The van der Waals surface area contributed by atoms with Gasteiger partial charge in [0.05, 0.1) is 49.7 Å². The highest BCUT2D eigenvalue weighted by molar-refractivity contribution is 5.86. The van der Waals surface area contributed by atoms with Gasteiger partial charge in [0.15, 0.2) is 0 Å². The number of piperidine rings is 1. The van der Waals surface area contributed by atoms with Crippen LogP contribution in [0.4, 0.5) is 9.59 Å². The number of benzene rings is 3. The van der Waals surface area contributed by atoms with Crippen LogP contribution in [0.3, 0.4) is 0 Å². The van der Waals surface area contributed by atoms with Crippen LogP contribution in [0, 0.1) is 5.92 Å². The molecule has 2 bridgehead atoms. The number of likely N-dealkylation sites (tertiary alicyclic amines) is 1. The van der Waals surface area contributed by atoms with Crippen molar-refractivity contribution in [1.82, 2.24) is 40.4 Å². The standard InChI is InChI=1S/C42H46N8O6/c1-4-15-49(37(51)21-44-41(53)55-2)23-36-43-20-35(46-36)28-9-13-32-27(17-28)6-5-26-16-24(8-12-31(26)32)25-10-14-33-34(19-25)48-40(47-33)39-29-7-11-30(18-29)50(39)38(52)22-45-42(54)56-3/h8-10,12-14,16-17,19-20,29-30,39H,4-7,11,15,18,21-23H2,1-3H3,(H,43,46)(H,44,53)(H,45,54)(H,47,48)/t29-,30+,39-/m0/s1. The number of rotatable bonds is 11. The Balaban J connectivity index is 0.972. The van der Waals surface area contributed by atoms with Gasteiger partial charge in [0.2, 0.25) is 11.8 Å². The van der Waals surface area contributed by atoms with Crippen LogP contribution in [0.2, 0.25) is 0 Å². The Bertz CT molecular complexity index is 2320. The SMILES string of the molecule is CCCN(Cc1ncc(-c2ccc3c(c2)CCc2cc(-c4ccc5nc([C@@H]6[C@H]7CC[C@H](C7)N6C(=O)CNC(=O)OC)[nH]c5c4)ccc2-3)[nH]1)C(=O)CNC(=O)OC. The number of aromatic nitrogens is 4. The maximum atomic E-state index is 13.3. The zero-order valence-electron chi connectivity index (χ0n) is 31.8. The van der Waals surface area contributed by atoms with Gasteiger partial charge in [-0.1, -0.05) is 43.3 Å². The van der Waals surface area contributed by atoms with Gasteiger partial charge in [-0.3, -0.25) is 9.59 Å². The minimum absolute atomic E-state index is 0.102. The number of nitrogens with one attached hydrogen (secondary N) is 4. The molecule has 2 aromatic heterocycles. The van der Waals surface area contributed by atoms with Gasteiger partial charge >= 0.3 is 12.2 Å². The van der Waals surface area contributed by atoms with Crippen molar-refractivity contribution in [2.24, 2.45) is 5.92 Å². The number of carbonyl (C=O) groups excluding carboxylic acids is 4. The molecular formula is C42H46N8O6. The van der Waals surface area contributed by atoms with Crippen LogP contribution in [0.25, 0.3) is 44.5 Å². The Morgan fingerprint density at radius 2 is 1.54 bits per heavy atom. The second-order valence-electron chi connectivity index (χ2n) is 14.8. The topological polar surface area (TPSA) is 175 Å². The average Bonchev–Trinajstić information content (AvgIpc) is 4.05. The van der Waals surface area contributed by atoms with Gasteiger partial charge in [0.25, 0.3) is 0 Å². The van der Waals surface area contributed by atoms with Gasteiger partial charge in [0, 0.05) is 12.6 Å². The number of carbonyl (C=O) groups is 4. The lowest BCUT2D eigenvalue weighted by Crippen LogP contribution is -2.45. The molecule has 14 nitrogen and oxygen atoms in total. The molecular weight excluding hydrogens is 713 g/mol. The zero-order valence-corrected chi connectivity index (χ0v) is 31.8. The van der Waals surface area contributed by atoms with Crippen LogP contribution in [-0.4, -0.2) is 93.6 Å². The lowest BCUT2D eigenvalue weighted by molar-refractivity contribution is -0.135. The number of aromatic amines is 2. The number of ether oxygens (including phenoxy) is 2. The van der Waals surface area contributed by atoms with E-state index in [1.165, 1.54) is 36.5 Å².